The summed E-state index contributed by atoms with van der Waals surface area (Å²) >= 11 is 5.73. The lowest BCUT2D eigenvalue weighted by molar-refractivity contribution is 0.0972. The number of carbonyl (C=O) groups is 1. The lowest BCUT2D eigenvalue weighted by Crippen LogP contribution is -2.37. The van der Waals surface area contributed by atoms with Crippen LogP contribution in [-0.4, -0.2) is 31.8 Å². The van der Waals surface area contributed by atoms with Gasteiger partial charge in [-0.3, -0.25) is 10.1 Å². The topological polar surface area (TPSA) is 174 Å². The third-order valence-electron chi connectivity index (χ3n) is 2.96. The average Bonchev–Trinajstić information content (AvgIpc) is 2.92. The van der Waals surface area contributed by atoms with Gasteiger partial charge in [0.15, 0.2) is 22.5 Å². The Labute approximate surface area is 164 Å². The summed E-state index contributed by atoms with van der Waals surface area (Å²) in [4.78, 5) is 30.7. The predicted octanol–water partition coefficient (Wildman–Crippen LogP) is 1.39. The molecule has 1 amide bonds. The molecule has 0 saturated heterocycles. The first-order valence-electron chi connectivity index (χ1n) is 6.63. The highest BCUT2D eigenvalue weighted by Gasteiger charge is 2.16. The van der Waals surface area contributed by atoms with Crippen molar-refractivity contribution in [1.82, 2.24) is 25.3 Å². The Morgan fingerprint density at radius 3 is 2.50 bits per heavy atom. The van der Waals surface area contributed by atoms with E-state index in [0.29, 0.717) is 0 Å². The molecule has 3 aromatic rings. The highest BCUT2D eigenvalue weighted by atomic mass is 35.5. The zero-order chi connectivity index (χ0) is 17.3. The van der Waals surface area contributed by atoms with Crippen LogP contribution in [0.15, 0.2) is 29.3 Å². The molecule has 0 aliphatic carbocycles. The van der Waals surface area contributed by atoms with Crippen molar-refractivity contribution in [2.24, 2.45) is 10.7 Å². The van der Waals surface area contributed by atoms with Gasteiger partial charge in [-0.1, -0.05) is 23.7 Å². The number of guanidine groups is 1. The number of amides is 1. The normalized spacial score (nSPS) is 10.7. The van der Waals surface area contributed by atoms with Crippen molar-refractivity contribution in [2.75, 3.05) is 11.5 Å². The second kappa shape index (κ2) is 8.52. The van der Waals surface area contributed by atoms with Gasteiger partial charge in [0.1, 0.15) is 0 Å². The summed E-state index contributed by atoms with van der Waals surface area (Å²) in [7, 11) is 0. The molecular weight excluding hydrogens is 405 g/mol. The van der Waals surface area contributed by atoms with Crippen molar-refractivity contribution < 1.29 is 4.79 Å². The van der Waals surface area contributed by atoms with Crippen LogP contribution in [0, 0.1) is 0 Å². The van der Waals surface area contributed by atoms with E-state index in [2.05, 4.69) is 30.2 Å². The standard InChI is InChI=1S/C13H12ClN9O.2ClH/c14-8-10(16)21-9(15)7(20-8)11(24)22-12(17)23-13-18-5-3-1-2-4-6(5)19-13;;/h1-4H,(H4,15,16,21)(H4,17,18,19,22,23,24);2*1H. The maximum atomic E-state index is 12.1. The maximum Gasteiger partial charge on any atom is 0.280 e. The van der Waals surface area contributed by atoms with Gasteiger partial charge in [0.25, 0.3) is 5.91 Å². The van der Waals surface area contributed by atoms with Gasteiger partial charge >= 0.3 is 0 Å². The van der Waals surface area contributed by atoms with Gasteiger partial charge < -0.3 is 22.2 Å². The number of nitrogens with two attached hydrogens (primary N) is 3. The summed E-state index contributed by atoms with van der Waals surface area (Å²) in [5.41, 5.74) is 18.0. The highest BCUT2D eigenvalue weighted by Crippen LogP contribution is 2.17. The number of aromatic nitrogens is 4. The molecule has 138 valence electrons. The van der Waals surface area contributed by atoms with Crippen molar-refractivity contribution in [3.05, 3.63) is 35.1 Å². The summed E-state index contributed by atoms with van der Waals surface area (Å²) in [6.45, 7) is 0. The summed E-state index contributed by atoms with van der Waals surface area (Å²) in [6, 6.07) is 7.34. The van der Waals surface area contributed by atoms with Crippen molar-refractivity contribution in [3.63, 3.8) is 0 Å². The fraction of sp³-hybridized carbons (Fsp3) is 0. The van der Waals surface area contributed by atoms with Gasteiger partial charge in [-0.15, -0.1) is 24.8 Å². The molecule has 0 spiro atoms. The molecule has 0 fully saturated rings. The number of rotatable bonds is 2. The number of fused-ring (bicyclic) bond motifs is 1. The zero-order valence-corrected chi connectivity index (χ0v) is 15.3. The molecule has 10 nitrogen and oxygen atoms in total. The molecule has 26 heavy (non-hydrogen) atoms. The van der Waals surface area contributed by atoms with Crippen LogP contribution < -0.4 is 22.5 Å². The minimum Gasteiger partial charge on any atom is -0.382 e. The van der Waals surface area contributed by atoms with Gasteiger partial charge in [-0.25, -0.2) is 15.0 Å². The Bertz CT molecular complexity index is 940. The minimum absolute atomic E-state index is 0. The van der Waals surface area contributed by atoms with Crippen LogP contribution in [0.1, 0.15) is 10.5 Å². The Kier molecular flexibility index (Phi) is 6.95. The monoisotopic (exact) mass is 417 g/mol. The van der Waals surface area contributed by atoms with Crippen molar-refractivity contribution >= 4 is 76.9 Å². The first-order valence-corrected chi connectivity index (χ1v) is 7.00. The molecule has 0 aliphatic heterocycles. The minimum atomic E-state index is -0.723. The smallest absolute Gasteiger partial charge is 0.280 e. The van der Waals surface area contributed by atoms with Crippen LogP contribution in [0.2, 0.25) is 5.15 Å². The Hall–Kier alpha value is -2.82. The Balaban J connectivity index is 0.00000169. The van der Waals surface area contributed by atoms with E-state index in [0.717, 1.165) is 11.0 Å². The molecule has 0 atom stereocenters. The summed E-state index contributed by atoms with van der Waals surface area (Å²) in [6.07, 6.45) is 0. The molecule has 2 heterocycles. The number of para-hydroxylation sites is 2. The van der Waals surface area contributed by atoms with Crippen molar-refractivity contribution in [1.29, 1.82) is 0 Å². The van der Waals surface area contributed by atoms with Crippen molar-refractivity contribution in [2.45, 2.75) is 0 Å². The van der Waals surface area contributed by atoms with Gasteiger partial charge in [-0.2, -0.15) is 4.99 Å². The number of benzene rings is 1. The van der Waals surface area contributed by atoms with Gasteiger partial charge in [-0.05, 0) is 12.1 Å². The van der Waals surface area contributed by atoms with E-state index in [4.69, 9.17) is 28.8 Å². The number of hydrogen-bond donors (Lipinski definition) is 5. The fourth-order valence-electron chi connectivity index (χ4n) is 1.92. The van der Waals surface area contributed by atoms with Gasteiger partial charge in [0.2, 0.25) is 11.9 Å². The number of nitrogens with one attached hydrogen (secondary N) is 2. The predicted molar refractivity (Wildman–Crippen MR) is 105 cm³/mol. The molecule has 2 aromatic heterocycles. The van der Waals surface area contributed by atoms with E-state index in [9.17, 15) is 4.79 Å². The molecule has 0 unspecified atom stereocenters. The number of nitrogen functional groups attached to an aromatic ring is 2. The molecule has 0 aliphatic rings. The van der Waals surface area contributed by atoms with E-state index in [1.54, 1.807) is 0 Å². The van der Waals surface area contributed by atoms with Crippen molar-refractivity contribution in [3.8, 4) is 0 Å². The highest BCUT2D eigenvalue weighted by molar-refractivity contribution is 6.31. The Morgan fingerprint density at radius 1 is 1.12 bits per heavy atom. The average molecular weight is 419 g/mol. The van der Waals surface area contributed by atoms with Crippen LogP contribution in [0.4, 0.5) is 17.6 Å². The first-order chi connectivity index (χ1) is 11.4. The molecule has 3 rings (SSSR count). The van der Waals surface area contributed by atoms with Gasteiger partial charge in [0, 0.05) is 0 Å². The van der Waals surface area contributed by atoms with E-state index in [1.807, 2.05) is 24.3 Å². The second-order valence-corrected chi connectivity index (χ2v) is 5.02. The van der Waals surface area contributed by atoms with Crippen LogP contribution in [0.5, 0.6) is 0 Å². The number of anilines is 2. The van der Waals surface area contributed by atoms with Crippen LogP contribution in [0.3, 0.4) is 0 Å². The molecule has 1 aromatic carbocycles. The third kappa shape index (κ3) is 4.42. The summed E-state index contributed by atoms with van der Waals surface area (Å²) < 4.78 is 0. The molecular formula is C13H14Cl3N9O. The summed E-state index contributed by atoms with van der Waals surface area (Å²) in [5, 5.41) is 2.19. The van der Waals surface area contributed by atoms with E-state index in [-0.39, 0.29) is 59.2 Å². The van der Waals surface area contributed by atoms with Gasteiger partial charge in [0.05, 0.1) is 11.0 Å². The number of carbonyl (C=O) groups excluding carboxylic acids is 1. The van der Waals surface area contributed by atoms with E-state index < -0.39 is 5.91 Å². The fourth-order valence-corrected chi connectivity index (χ4v) is 2.05. The number of nitrogens with zero attached hydrogens (tertiary/aromatic N) is 4. The largest absolute Gasteiger partial charge is 0.382 e. The molecule has 0 bridgehead atoms. The van der Waals surface area contributed by atoms with E-state index >= 15 is 0 Å². The number of imidazole rings is 1. The third-order valence-corrected chi connectivity index (χ3v) is 3.24. The zero-order valence-electron chi connectivity index (χ0n) is 12.9. The summed E-state index contributed by atoms with van der Waals surface area (Å²) in [5.74, 6) is -0.934. The number of halogens is 3. The number of aliphatic imine (C=N–C) groups is 1. The number of aromatic amines is 1. The molecule has 0 saturated carbocycles. The molecule has 8 N–H and O–H groups in total. The van der Waals surface area contributed by atoms with Crippen LogP contribution in [-0.2, 0) is 0 Å². The second-order valence-electron chi connectivity index (χ2n) is 4.66. The Morgan fingerprint density at radius 2 is 1.81 bits per heavy atom. The van der Waals surface area contributed by atoms with Crippen LogP contribution >= 0.6 is 36.4 Å². The molecule has 13 heteroatoms. The SMILES string of the molecule is Cl.Cl.NC(=Nc1nc2ccccc2[nH]1)NC(=O)c1nc(Cl)c(N)nc1N. The van der Waals surface area contributed by atoms with E-state index in [1.165, 1.54) is 0 Å². The maximum absolute atomic E-state index is 12.1. The van der Waals surface area contributed by atoms with Crippen LogP contribution in [0.25, 0.3) is 11.0 Å². The lowest BCUT2D eigenvalue weighted by atomic mass is 10.3. The quantitative estimate of drug-likeness (QED) is 0.308. The first kappa shape index (κ1) is 21.2. The number of H-pyrrole nitrogens is 1. The molecule has 0 radical (unpaired) electrons. The number of hydrogen-bond acceptors (Lipinski definition) is 7. The lowest BCUT2D eigenvalue weighted by Gasteiger charge is -2.06.